The molecule has 0 aliphatic rings. The Bertz CT molecular complexity index is 458. The van der Waals surface area contributed by atoms with Gasteiger partial charge in [0.1, 0.15) is 0 Å². The lowest BCUT2D eigenvalue weighted by Crippen LogP contribution is -2.24. The van der Waals surface area contributed by atoms with E-state index in [-0.39, 0.29) is 0 Å². The first-order valence-electron chi connectivity index (χ1n) is 4.97. The van der Waals surface area contributed by atoms with Gasteiger partial charge >= 0.3 is 0 Å². The largest absolute Gasteiger partial charge is 0.396 e. The van der Waals surface area contributed by atoms with Crippen LogP contribution in [-0.4, -0.2) is 32.7 Å². The van der Waals surface area contributed by atoms with E-state index >= 15 is 0 Å². The number of hydrogen-bond donors (Lipinski definition) is 3. The average molecular weight is 323 g/mol. The molecule has 0 aliphatic heterocycles. The van der Waals surface area contributed by atoms with E-state index in [1.807, 2.05) is 0 Å². The summed E-state index contributed by atoms with van der Waals surface area (Å²) in [6.07, 6.45) is 5.01. The highest BCUT2D eigenvalue weighted by Gasteiger charge is 2.04. The third-order valence-corrected chi connectivity index (χ3v) is 3.28. The Morgan fingerprint density at radius 2 is 2.12 bits per heavy atom. The van der Waals surface area contributed by atoms with Crippen molar-refractivity contribution in [2.24, 2.45) is 0 Å². The molecule has 1 rings (SSSR count). The number of rotatable bonds is 6. The summed E-state index contributed by atoms with van der Waals surface area (Å²) >= 11 is 3.33. The molecule has 1 aromatic heterocycles. The third kappa shape index (κ3) is 5.33. The van der Waals surface area contributed by atoms with E-state index in [0.29, 0.717) is 25.2 Å². The van der Waals surface area contributed by atoms with Crippen LogP contribution in [0, 0.1) is 0 Å². The Balaban J connectivity index is 2.37. The molecule has 1 aromatic rings. The molecule has 0 bridgehead atoms. The van der Waals surface area contributed by atoms with Crippen molar-refractivity contribution in [3.8, 4) is 0 Å². The van der Waals surface area contributed by atoms with Crippen LogP contribution in [0.1, 0.15) is 6.42 Å². The van der Waals surface area contributed by atoms with Gasteiger partial charge in [-0.05, 0) is 22.4 Å². The first-order chi connectivity index (χ1) is 7.90. The van der Waals surface area contributed by atoms with Gasteiger partial charge in [0.15, 0.2) is 0 Å². The van der Waals surface area contributed by atoms with E-state index in [1.165, 1.54) is 0 Å². The summed E-state index contributed by atoms with van der Waals surface area (Å²) in [5, 5.41) is 3.12. The summed E-state index contributed by atoms with van der Waals surface area (Å²) in [6, 6.07) is 0. The van der Waals surface area contributed by atoms with Crippen LogP contribution >= 0.6 is 15.9 Å². The Kier molecular flexibility index (Phi) is 5.16. The van der Waals surface area contributed by atoms with Crippen molar-refractivity contribution in [2.45, 2.75) is 6.42 Å². The molecule has 0 amide bonds. The number of halogens is 1. The van der Waals surface area contributed by atoms with Gasteiger partial charge in [-0.25, -0.2) is 13.1 Å². The second kappa shape index (κ2) is 6.18. The zero-order valence-electron chi connectivity index (χ0n) is 9.40. The number of nitrogens with zero attached hydrogens (tertiary/aromatic N) is 1. The maximum Gasteiger partial charge on any atom is 0.208 e. The van der Waals surface area contributed by atoms with Gasteiger partial charge < -0.3 is 11.1 Å². The van der Waals surface area contributed by atoms with Gasteiger partial charge in [0.25, 0.3) is 0 Å². The highest BCUT2D eigenvalue weighted by atomic mass is 79.9. The minimum atomic E-state index is -3.11. The van der Waals surface area contributed by atoms with Gasteiger partial charge in [-0.1, -0.05) is 0 Å². The van der Waals surface area contributed by atoms with Crippen molar-refractivity contribution >= 4 is 37.3 Å². The van der Waals surface area contributed by atoms with Gasteiger partial charge in [-0.2, -0.15) is 0 Å². The van der Waals surface area contributed by atoms with E-state index < -0.39 is 10.0 Å². The standard InChI is InChI=1S/C9H15BrN4O2S/c1-17(15,16)14-4-2-3-13-9-7(10)5-12-6-8(9)11/h5-6,14H,2-4,11H2,1H3,(H,12,13). The maximum atomic E-state index is 10.8. The number of nitrogens with one attached hydrogen (secondary N) is 2. The smallest absolute Gasteiger partial charge is 0.208 e. The quantitative estimate of drug-likeness (QED) is 0.672. The average Bonchev–Trinajstić information content (AvgIpc) is 2.20. The molecule has 0 aliphatic carbocycles. The molecule has 0 aromatic carbocycles. The Hall–Kier alpha value is -0.860. The van der Waals surface area contributed by atoms with Crippen molar-refractivity contribution in [3.05, 3.63) is 16.9 Å². The molecule has 0 spiro atoms. The predicted molar refractivity (Wildman–Crippen MR) is 72.3 cm³/mol. The highest BCUT2D eigenvalue weighted by molar-refractivity contribution is 9.10. The molecule has 0 atom stereocenters. The molecule has 0 saturated heterocycles. The van der Waals surface area contributed by atoms with E-state index in [1.54, 1.807) is 12.4 Å². The summed E-state index contributed by atoms with van der Waals surface area (Å²) in [4.78, 5) is 3.92. The number of anilines is 2. The molecule has 17 heavy (non-hydrogen) atoms. The predicted octanol–water partition coefficient (Wildman–Crippen LogP) is 0.777. The number of nitrogen functional groups attached to an aromatic ring is 1. The molecular weight excluding hydrogens is 308 g/mol. The first-order valence-corrected chi connectivity index (χ1v) is 7.66. The second-order valence-electron chi connectivity index (χ2n) is 3.53. The van der Waals surface area contributed by atoms with Crippen LogP contribution < -0.4 is 15.8 Å². The van der Waals surface area contributed by atoms with Gasteiger partial charge in [0.2, 0.25) is 10.0 Å². The lowest BCUT2D eigenvalue weighted by Gasteiger charge is -2.10. The van der Waals surface area contributed by atoms with Gasteiger partial charge in [0.05, 0.1) is 28.3 Å². The fourth-order valence-corrected chi connectivity index (χ4v) is 2.20. The minimum absolute atomic E-state index is 0.397. The molecule has 0 fully saturated rings. The maximum absolute atomic E-state index is 10.8. The summed E-state index contributed by atoms with van der Waals surface area (Å²) in [6.45, 7) is 1.02. The molecule has 0 unspecified atom stereocenters. The van der Waals surface area contributed by atoms with Crippen LogP contribution in [0.4, 0.5) is 11.4 Å². The lowest BCUT2D eigenvalue weighted by molar-refractivity contribution is 0.586. The van der Waals surface area contributed by atoms with Crippen molar-refractivity contribution < 1.29 is 8.42 Å². The molecule has 8 heteroatoms. The molecule has 6 nitrogen and oxygen atoms in total. The SMILES string of the molecule is CS(=O)(=O)NCCCNc1c(N)cncc1Br. The van der Waals surface area contributed by atoms with E-state index in [4.69, 9.17) is 5.73 Å². The van der Waals surface area contributed by atoms with E-state index in [9.17, 15) is 8.42 Å². The lowest BCUT2D eigenvalue weighted by atomic mass is 10.3. The Labute approximate surface area is 109 Å². The molecule has 96 valence electrons. The first kappa shape index (κ1) is 14.2. The normalized spacial score (nSPS) is 11.4. The van der Waals surface area contributed by atoms with Crippen LogP contribution in [0.3, 0.4) is 0 Å². The van der Waals surface area contributed by atoms with E-state index in [0.717, 1.165) is 16.4 Å². The Morgan fingerprint density at radius 3 is 2.71 bits per heavy atom. The number of aromatic nitrogens is 1. The van der Waals surface area contributed by atoms with Crippen LogP contribution in [0.5, 0.6) is 0 Å². The zero-order valence-corrected chi connectivity index (χ0v) is 11.8. The van der Waals surface area contributed by atoms with Crippen molar-refractivity contribution in [1.29, 1.82) is 0 Å². The van der Waals surface area contributed by atoms with Crippen LogP contribution in [0.2, 0.25) is 0 Å². The van der Waals surface area contributed by atoms with Gasteiger partial charge in [0, 0.05) is 19.3 Å². The number of nitrogens with two attached hydrogens (primary N) is 1. The molecule has 1 heterocycles. The fraction of sp³-hybridized carbons (Fsp3) is 0.444. The van der Waals surface area contributed by atoms with E-state index in [2.05, 4.69) is 31.0 Å². The molecular formula is C9H15BrN4O2S. The van der Waals surface area contributed by atoms with Crippen LogP contribution in [0.25, 0.3) is 0 Å². The van der Waals surface area contributed by atoms with Crippen molar-refractivity contribution in [1.82, 2.24) is 9.71 Å². The van der Waals surface area contributed by atoms with Crippen LogP contribution in [-0.2, 0) is 10.0 Å². The molecule has 0 radical (unpaired) electrons. The summed E-state index contributed by atoms with van der Waals surface area (Å²) < 4.78 is 24.8. The topological polar surface area (TPSA) is 97.1 Å². The van der Waals surface area contributed by atoms with Crippen LogP contribution in [0.15, 0.2) is 16.9 Å². The van der Waals surface area contributed by atoms with Gasteiger partial charge in [-0.15, -0.1) is 0 Å². The molecule has 4 N–H and O–H groups in total. The fourth-order valence-electron chi connectivity index (χ4n) is 1.20. The van der Waals surface area contributed by atoms with Crippen molar-refractivity contribution in [2.75, 3.05) is 30.4 Å². The van der Waals surface area contributed by atoms with Crippen molar-refractivity contribution in [3.63, 3.8) is 0 Å². The second-order valence-corrected chi connectivity index (χ2v) is 6.22. The molecule has 0 saturated carbocycles. The number of hydrogen-bond acceptors (Lipinski definition) is 5. The zero-order chi connectivity index (χ0) is 12.9. The number of sulfonamides is 1. The summed E-state index contributed by atoms with van der Waals surface area (Å²) in [5.74, 6) is 0. The summed E-state index contributed by atoms with van der Waals surface area (Å²) in [5.41, 5.74) is 7.07. The number of pyridine rings is 1. The third-order valence-electron chi connectivity index (χ3n) is 1.95. The Morgan fingerprint density at radius 1 is 1.41 bits per heavy atom. The minimum Gasteiger partial charge on any atom is -0.396 e. The monoisotopic (exact) mass is 322 g/mol. The highest BCUT2D eigenvalue weighted by Crippen LogP contribution is 2.26. The summed E-state index contributed by atoms with van der Waals surface area (Å²) in [7, 11) is -3.11. The van der Waals surface area contributed by atoms with Gasteiger partial charge in [-0.3, -0.25) is 4.98 Å².